The normalized spacial score (nSPS) is 15.5. The quantitative estimate of drug-likeness (QED) is 0.280. The molecule has 2 radical (unpaired) electrons. The van der Waals surface area contributed by atoms with E-state index in [1.807, 2.05) is 32.9 Å². The molecule has 1 amide bonds. The molecule has 0 N–H and O–H groups in total. The van der Waals surface area contributed by atoms with E-state index in [0.29, 0.717) is 46.6 Å². The number of aromatic nitrogens is 3. The van der Waals surface area contributed by atoms with Crippen LogP contribution in [0.3, 0.4) is 0 Å². The van der Waals surface area contributed by atoms with E-state index in [1.165, 1.54) is 0 Å². The summed E-state index contributed by atoms with van der Waals surface area (Å²) >= 11 is 0. The van der Waals surface area contributed by atoms with Gasteiger partial charge in [0.05, 0.1) is 18.4 Å². The Morgan fingerprint density at radius 2 is 1.92 bits per heavy atom. The van der Waals surface area contributed by atoms with E-state index in [2.05, 4.69) is 35.9 Å². The van der Waals surface area contributed by atoms with Crippen LogP contribution < -0.4 is 0 Å². The number of amides is 1. The molecule has 1 aliphatic heterocycles. The predicted molar refractivity (Wildman–Crippen MR) is 138 cm³/mol. The molecule has 0 saturated carbocycles. The summed E-state index contributed by atoms with van der Waals surface area (Å²) in [6.07, 6.45) is 2.89. The van der Waals surface area contributed by atoms with E-state index in [0.717, 1.165) is 30.0 Å². The molecule has 4 heterocycles. The van der Waals surface area contributed by atoms with Crippen LogP contribution in [-0.2, 0) is 27.1 Å². The lowest BCUT2D eigenvalue weighted by molar-refractivity contribution is -0.0190. The summed E-state index contributed by atoms with van der Waals surface area (Å²) in [5.41, 5.74) is 1.24. The second-order valence-corrected chi connectivity index (χ2v) is 12.4. The maximum absolute atomic E-state index is 12.2. The van der Waals surface area contributed by atoms with Crippen molar-refractivity contribution < 1.29 is 27.6 Å². The van der Waals surface area contributed by atoms with E-state index < -0.39 is 5.60 Å². The number of pyridine rings is 1. The predicted octanol–water partition coefficient (Wildman–Crippen LogP) is 5.39. The summed E-state index contributed by atoms with van der Waals surface area (Å²) in [6.45, 7) is 14.0. The average Bonchev–Trinajstić information content (AvgIpc) is 3.46. The van der Waals surface area contributed by atoms with Crippen molar-refractivity contribution in [2.24, 2.45) is 5.41 Å². The minimum absolute atomic E-state index is 0.0134. The maximum Gasteiger partial charge on any atom is 0.410 e. The van der Waals surface area contributed by atoms with Crippen molar-refractivity contribution in [2.45, 2.75) is 85.3 Å². The van der Waals surface area contributed by atoms with Crippen LogP contribution in [0.15, 0.2) is 27.3 Å². The smallest absolute Gasteiger partial charge is 0.410 e. The van der Waals surface area contributed by atoms with Crippen molar-refractivity contribution >= 4 is 26.8 Å². The van der Waals surface area contributed by atoms with Gasteiger partial charge in [-0.05, 0) is 57.2 Å². The summed E-state index contributed by atoms with van der Waals surface area (Å²) in [5.74, 6) is 1.21. The van der Waals surface area contributed by atoms with Crippen molar-refractivity contribution in [1.29, 1.82) is 0 Å². The fourth-order valence-corrected chi connectivity index (χ4v) is 4.54. The van der Waals surface area contributed by atoms with Gasteiger partial charge in [-0.2, -0.15) is 4.98 Å². The van der Waals surface area contributed by atoms with Crippen LogP contribution in [0.2, 0.25) is 6.04 Å². The van der Waals surface area contributed by atoms with Gasteiger partial charge in [0.25, 0.3) is 5.89 Å². The molecule has 1 aliphatic rings. The van der Waals surface area contributed by atoms with Gasteiger partial charge in [0.2, 0.25) is 9.76 Å². The van der Waals surface area contributed by atoms with Gasteiger partial charge in [0.15, 0.2) is 11.6 Å². The first-order chi connectivity index (χ1) is 17.5. The second-order valence-electron chi connectivity index (χ2n) is 11.4. The zero-order valence-corrected chi connectivity index (χ0v) is 23.5. The lowest BCUT2D eigenvalue weighted by Gasteiger charge is -2.33. The Morgan fingerprint density at radius 3 is 2.62 bits per heavy atom. The zero-order chi connectivity index (χ0) is 26.6. The molecule has 1 saturated heterocycles. The number of likely N-dealkylation sites (tertiary alicyclic amines) is 1. The molecule has 0 atom stereocenters. The van der Waals surface area contributed by atoms with E-state index in [4.69, 9.17) is 22.8 Å². The van der Waals surface area contributed by atoms with E-state index in [-0.39, 0.29) is 30.1 Å². The minimum atomic E-state index is -0.501. The summed E-state index contributed by atoms with van der Waals surface area (Å²) in [7, 11) is 0.408. The molecular weight excluding hydrogens is 492 g/mol. The second kappa shape index (κ2) is 11.3. The zero-order valence-electron chi connectivity index (χ0n) is 22.5. The number of rotatable bonds is 8. The van der Waals surface area contributed by atoms with E-state index in [1.54, 1.807) is 11.1 Å². The van der Waals surface area contributed by atoms with E-state index in [9.17, 15) is 4.79 Å². The van der Waals surface area contributed by atoms with Crippen LogP contribution in [0.4, 0.5) is 4.79 Å². The van der Waals surface area contributed by atoms with Crippen molar-refractivity contribution in [3.63, 3.8) is 0 Å². The van der Waals surface area contributed by atoms with Gasteiger partial charge in [0, 0.05) is 24.7 Å². The first-order valence-electron chi connectivity index (χ1n) is 12.6. The van der Waals surface area contributed by atoms with E-state index >= 15 is 0 Å². The highest BCUT2D eigenvalue weighted by Crippen LogP contribution is 2.29. The van der Waals surface area contributed by atoms with Gasteiger partial charge >= 0.3 is 6.09 Å². The molecule has 4 rings (SSSR count). The van der Waals surface area contributed by atoms with Crippen molar-refractivity contribution in [3.05, 3.63) is 29.8 Å². The van der Waals surface area contributed by atoms with Crippen LogP contribution >= 0.6 is 0 Å². The van der Waals surface area contributed by atoms with Gasteiger partial charge < -0.3 is 27.7 Å². The molecule has 37 heavy (non-hydrogen) atoms. The van der Waals surface area contributed by atoms with Gasteiger partial charge in [0.1, 0.15) is 17.8 Å². The Balaban J connectivity index is 1.29. The summed E-state index contributed by atoms with van der Waals surface area (Å²) in [6, 6.07) is 4.66. The van der Waals surface area contributed by atoms with Crippen molar-refractivity contribution in [3.8, 4) is 11.7 Å². The average molecular weight is 529 g/mol. The Labute approximate surface area is 220 Å². The Hall–Kier alpha value is -2.76. The fourth-order valence-electron chi connectivity index (χ4n) is 3.76. The molecule has 3 aromatic rings. The van der Waals surface area contributed by atoms with Gasteiger partial charge in [-0.1, -0.05) is 25.9 Å². The third kappa shape index (κ3) is 7.86. The minimum Gasteiger partial charge on any atom is -0.451 e. The van der Waals surface area contributed by atoms with Crippen LogP contribution in [0.25, 0.3) is 22.6 Å². The number of fused-ring (bicyclic) bond motifs is 1. The third-order valence-electron chi connectivity index (χ3n) is 5.66. The Morgan fingerprint density at radius 1 is 1.16 bits per heavy atom. The highest BCUT2D eigenvalue weighted by atomic mass is 28.2. The number of ether oxygens (including phenoxy) is 2. The molecule has 200 valence electrons. The van der Waals surface area contributed by atoms with Gasteiger partial charge in [-0.15, -0.1) is 0 Å². The van der Waals surface area contributed by atoms with Gasteiger partial charge in [-0.3, -0.25) is 4.98 Å². The van der Waals surface area contributed by atoms with Crippen LogP contribution in [0, 0.1) is 5.41 Å². The number of carbonyl (C=O) groups is 1. The lowest BCUT2D eigenvalue weighted by Crippen LogP contribution is -2.43. The number of piperidine rings is 1. The van der Waals surface area contributed by atoms with Crippen LogP contribution in [0.1, 0.15) is 65.9 Å². The van der Waals surface area contributed by atoms with Crippen molar-refractivity contribution in [1.82, 2.24) is 20.0 Å². The highest BCUT2D eigenvalue weighted by molar-refractivity contribution is 6.27. The van der Waals surface area contributed by atoms with Crippen LogP contribution in [0.5, 0.6) is 0 Å². The molecule has 1 fully saturated rings. The molecule has 10 nitrogen and oxygen atoms in total. The molecule has 0 aromatic carbocycles. The monoisotopic (exact) mass is 528 g/mol. The maximum atomic E-state index is 12.2. The molecule has 3 aromatic heterocycles. The summed E-state index contributed by atoms with van der Waals surface area (Å²) < 4.78 is 28.7. The summed E-state index contributed by atoms with van der Waals surface area (Å²) in [5, 5.41) is 4.91. The molecular formula is C26H36N4O6Si. The first kappa shape index (κ1) is 27.3. The number of hydrogen-bond acceptors (Lipinski definition) is 9. The molecule has 0 bridgehead atoms. The molecule has 0 unspecified atom stereocenters. The number of nitrogens with zero attached hydrogens (tertiary/aromatic N) is 4. The third-order valence-corrected chi connectivity index (χ3v) is 7.22. The SMILES string of the molecule is CC(C)(C)C[Si]OCc1nccc2oc(-c3nc(COC4CCN(C(=O)OC(C)(C)C)CC4)no3)cc12. The number of carbonyl (C=O) groups excluding carboxylic acids is 1. The highest BCUT2D eigenvalue weighted by Gasteiger charge is 2.27. The molecule has 0 spiro atoms. The number of furan rings is 1. The van der Waals surface area contributed by atoms with Crippen molar-refractivity contribution in [2.75, 3.05) is 13.1 Å². The largest absolute Gasteiger partial charge is 0.451 e. The lowest BCUT2D eigenvalue weighted by atomic mass is 10.0. The topological polar surface area (TPSA) is 113 Å². The van der Waals surface area contributed by atoms with Gasteiger partial charge in [-0.25, -0.2) is 4.79 Å². The summed E-state index contributed by atoms with van der Waals surface area (Å²) in [4.78, 5) is 22.9. The Bertz CT molecular complexity index is 1190. The first-order valence-corrected chi connectivity index (χ1v) is 13.7. The molecule has 0 aliphatic carbocycles. The molecule has 11 heteroatoms. The fraction of sp³-hybridized carbons (Fsp3) is 0.615. The standard InChI is InChI=1S/C26H36N4O6Si/c1-25(2,3)16-37-33-14-19-18-13-21(34-20(18)7-10-27-19)23-28-22(29-36-23)15-32-17-8-11-30(12-9-17)24(31)35-26(4,5)6/h7,10,13,17H,8-9,11-12,14-16H2,1-6H3. The Kier molecular flexibility index (Phi) is 8.35. The number of hydrogen-bond donors (Lipinski definition) is 0. The van der Waals surface area contributed by atoms with Crippen LogP contribution in [-0.4, -0.2) is 60.7 Å².